The van der Waals surface area contributed by atoms with Gasteiger partial charge < -0.3 is 10.1 Å². The van der Waals surface area contributed by atoms with Crippen LogP contribution in [0.4, 0.5) is 4.79 Å². The molecule has 0 aromatic carbocycles. The second kappa shape index (κ2) is 4.25. The van der Waals surface area contributed by atoms with Gasteiger partial charge in [0.05, 0.1) is 5.41 Å². The van der Waals surface area contributed by atoms with Crippen LogP contribution in [0.5, 0.6) is 0 Å². The molecule has 3 saturated carbocycles. The van der Waals surface area contributed by atoms with Crippen molar-refractivity contribution in [3.8, 4) is 0 Å². The Morgan fingerprint density at radius 3 is 2.56 bits per heavy atom. The molecule has 0 saturated heterocycles. The zero-order valence-corrected chi connectivity index (χ0v) is 10.9. The van der Waals surface area contributed by atoms with Gasteiger partial charge in [-0.05, 0) is 50.9 Å². The Morgan fingerprint density at radius 1 is 1.28 bits per heavy atom. The fourth-order valence-corrected chi connectivity index (χ4v) is 3.78. The van der Waals surface area contributed by atoms with Crippen LogP contribution in [-0.2, 0) is 9.53 Å². The SMILES string of the molecule is CC(=O)C1(COC(=O)NC2CC2)CC2CCC1C2. The minimum atomic E-state index is -0.371. The van der Waals surface area contributed by atoms with Crippen molar-refractivity contribution in [2.24, 2.45) is 17.3 Å². The third-order valence-electron chi connectivity index (χ3n) is 5.04. The van der Waals surface area contributed by atoms with Gasteiger partial charge >= 0.3 is 6.09 Å². The predicted molar refractivity (Wildman–Crippen MR) is 66.1 cm³/mol. The van der Waals surface area contributed by atoms with Crippen LogP contribution < -0.4 is 5.32 Å². The molecule has 3 aliphatic carbocycles. The van der Waals surface area contributed by atoms with E-state index < -0.39 is 0 Å². The minimum Gasteiger partial charge on any atom is -0.448 e. The molecule has 2 bridgehead atoms. The maximum absolute atomic E-state index is 12.0. The quantitative estimate of drug-likeness (QED) is 0.834. The summed E-state index contributed by atoms with van der Waals surface area (Å²) in [7, 11) is 0. The number of hydrogen-bond donors (Lipinski definition) is 1. The molecule has 0 aliphatic heterocycles. The van der Waals surface area contributed by atoms with Crippen molar-refractivity contribution < 1.29 is 14.3 Å². The van der Waals surface area contributed by atoms with Crippen LogP contribution in [0, 0.1) is 17.3 Å². The Morgan fingerprint density at radius 2 is 2.06 bits per heavy atom. The molecule has 4 heteroatoms. The maximum Gasteiger partial charge on any atom is 0.407 e. The second-order valence-electron chi connectivity index (χ2n) is 6.29. The summed E-state index contributed by atoms with van der Waals surface area (Å²) in [5.41, 5.74) is -0.371. The second-order valence-corrected chi connectivity index (χ2v) is 6.29. The number of carbonyl (C=O) groups excluding carboxylic acids is 2. The lowest BCUT2D eigenvalue weighted by Crippen LogP contribution is -2.41. The van der Waals surface area contributed by atoms with E-state index in [-0.39, 0.29) is 23.9 Å². The van der Waals surface area contributed by atoms with E-state index in [2.05, 4.69) is 5.32 Å². The molecule has 4 nitrogen and oxygen atoms in total. The highest BCUT2D eigenvalue weighted by Crippen LogP contribution is 2.56. The number of nitrogens with one attached hydrogen (secondary N) is 1. The van der Waals surface area contributed by atoms with Crippen LogP contribution in [0.1, 0.15) is 45.4 Å². The van der Waals surface area contributed by atoms with Gasteiger partial charge in [0.2, 0.25) is 0 Å². The highest BCUT2D eigenvalue weighted by molar-refractivity contribution is 5.84. The average Bonchev–Trinajstić information content (AvgIpc) is 2.91. The largest absolute Gasteiger partial charge is 0.448 e. The molecule has 0 heterocycles. The van der Waals surface area contributed by atoms with E-state index in [0.29, 0.717) is 17.9 Å². The number of rotatable bonds is 4. The topological polar surface area (TPSA) is 55.4 Å². The molecule has 3 rings (SSSR count). The standard InChI is InChI=1S/C14H21NO3/c1-9(16)14(7-10-2-3-11(14)6-10)8-18-13(17)15-12-4-5-12/h10-12H,2-8H2,1H3,(H,15,17). The van der Waals surface area contributed by atoms with Gasteiger partial charge in [-0.3, -0.25) is 4.79 Å². The molecule has 3 unspecified atom stereocenters. The Balaban J connectivity index is 1.60. The van der Waals surface area contributed by atoms with Crippen LogP contribution in [0.25, 0.3) is 0 Å². The molecule has 18 heavy (non-hydrogen) atoms. The monoisotopic (exact) mass is 251 g/mol. The summed E-state index contributed by atoms with van der Waals surface area (Å²) in [4.78, 5) is 23.6. The highest BCUT2D eigenvalue weighted by atomic mass is 16.5. The van der Waals surface area contributed by atoms with Gasteiger partial charge in [0, 0.05) is 6.04 Å². The summed E-state index contributed by atoms with van der Waals surface area (Å²) >= 11 is 0. The molecule has 1 N–H and O–H groups in total. The Kier molecular flexibility index (Phi) is 2.83. The van der Waals surface area contributed by atoms with Crippen molar-refractivity contribution in [3.05, 3.63) is 0 Å². The van der Waals surface area contributed by atoms with Crippen LogP contribution in [0.3, 0.4) is 0 Å². The van der Waals surface area contributed by atoms with Crippen LogP contribution in [-0.4, -0.2) is 24.5 Å². The molecule has 0 aromatic heterocycles. The van der Waals surface area contributed by atoms with E-state index in [1.807, 2.05) is 0 Å². The lowest BCUT2D eigenvalue weighted by Gasteiger charge is -2.34. The van der Waals surface area contributed by atoms with E-state index in [9.17, 15) is 9.59 Å². The van der Waals surface area contributed by atoms with Crippen molar-refractivity contribution >= 4 is 11.9 Å². The molecule has 0 spiro atoms. The minimum absolute atomic E-state index is 0.203. The van der Waals surface area contributed by atoms with Crippen molar-refractivity contribution in [1.82, 2.24) is 5.32 Å². The fourth-order valence-electron chi connectivity index (χ4n) is 3.78. The summed E-state index contributed by atoms with van der Waals surface area (Å²) in [6.07, 6.45) is 6.19. The first kappa shape index (κ1) is 12.0. The highest BCUT2D eigenvalue weighted by Gasteiger charge is 2.54. The predicted octanol–water partition coefficient (Wildman–Crippen LogP) is 2.27. The Bertz CT molecular complexity index is 377. The van der Waals surface area contributed by atoms with Gasteiger partial charge in [-0.15, -0.1) is 0 Å². The van der Waals surface area contributed by atoms with E-state index in [1.165, 1.54) is 6.42 Å². The number of amides is 1. The number of ketones is 1. The van der Waals surface area contributed by atoms with Crippen molar-refractivity contribution in [2.45, 2.75) is 51.5 Å². The molecular weight excluding hydrogens is 230 g/mol. The van der Waals surface area contributed by atoms with Gasteiger partial charge in [-0.25, -0.2) is 4.79 Å². The number of Topliss-reactive ketones (excluding diaryl/α,β-unsaturated/α-hetero) is 1. The Hall–Kier alpha value is -1.06. The smallest absolute Gasteiger partial charge is 0.407 e. The summed E-state index contributed by atoms with van der Waals surface area (Å²) in [6, 6.07) is 0.311. The molecule has 0 radical (unpaired) electrons. The molecule has 100 valence electrons. The van der Waals surface area contributed by atoms with Crippen molar-refractivity contribution in [3.63, 3.8) is 0 Å². The van der Waals surface area contributed by atoms with Crippen molar-refractivity contribution in [2.75, 3.05) is 6.61 Å². The van der Waals surface area contributed by atoms with Crippen LogP contribution in [0.15, 0.2) is 0 Å². The molecule has 0 aromatic rings. The van der Waals surface area contributed by atoms with Crippen LogP contribution in [0.2, 0.25) is 0 Å². The van der Waals surface area contributed by atoms with Gasteiger partial charge in [0.15, 0.2) is 0 Å². The van der Waals surface area contributed by atoms with Crippen LogP contribution >= 0.6 is 0 Å². The fraction of sp³-hybridized carbons (Fsp3) is 0.857. The van der Waals surface area contributed by atoms with Crippen molar-refractivity contribution in [1.29, 1.82) is 0 Å². The summed E-state index contributed by atoms with van der Waals surface area (Å²) in [5.74, 6) is 1.32. The first-order chi connectivity index (χ1) is 8.60. The summed E-state index contributed by atoms with van der Waals surface area (Å²) in [6.45, 7) is 1.94. The van der Waals surface area contributed by atoms with Gasteiger partial charge in [0.1, 0.15) is 12.4 Å². The molecule has 3 aliphatic rings. The van der Waals surface area contributed by atoms with E-state index in [4.69, 9.17) is 4.74 Å². The molecule has 1 amide bonds. The summed E-state index contributed by atoms with van der Waals surface area (Å²) < 4.78 is 5.32. The number of carbonyl (C=O) groups is 2. The van der Waals surface area contributed by atoms with Gasteiger partial charge in [-0.2, -0.15) is 0 Å². The molecule has 3 atom stereocenters. The zero-order valence-electron chi connectivity index (χ0n) is 10.9. The number of alkyl carbamates (subject to hydrolysis) is 1. The first-order valence-corrected chi connectivity index (χ1v) is 7.04. The number of hydrogen-bond acceptors (Lipinski definition) is 3. The third-order valence-corrected chi connectivity index (χ3v) is 5.04. The first-order valence-electron chi connectivity index (χ1n) is 7.04. The lowest BCUT2D eigenvalue weighted by atomic mass is 9.71. The van der Waals surface area contributed by atoms with E-state index in [1.54, 1.807) is 6.92 Å². The number of ether oxygens (including phenoxy) is 1. The average molecular weight is 251 g/mol. The summed E-state index contributed by atoms with van der Waals surface area (Å²) in [5, 5.41) is 2.81. The van der Waals surface area contributed by atoms with Gasteiger partial charge in [-0.1, -0.05) is 6.42 Å². The lowest BCUT2D eigenvalue weighted by molar-refractivity contribution is -0.132. The van der Waals surface area contributed by atoms with E-state index in [0.717, 1.165) is 32.1 Å². The molecule has 3 fully saturated rings. The zero-order chi connectivity index (χ0) is 12.8. The Labute approximate surface area is 107 Å². The normalized spacial score (nSPS) is 37.6. The number of fused-ring (bicyclic) bond motifs is 2. The van der Waals surface area contributed by atoms with E-state index >= 15 is 0 Å². The van der Waals surface area contributed by atoms with Gasteiger partial charge in [0.25, 0.3) is 0 Å². The molecular formula is C14H21NO3. The third kappa shape index (κ3) is 2.02. The maximum atomic E-state index is 12.0.